The average Bonchev–Trinajstić information content (AvgIpc) is 3.00. The zero-order chi connectivity index (χ0) is 19.7. The second-order valence-corrected chi connectivity index (χ2v) is 6.67. The number of methoxy groups -OCH3 is 2. The molecule has 0 radical (unpaired) electrons. The quantitative estimate of drug-likeness (QED) is 0.493. The molecule has 0 fully saturated rings. The molecule has 0 unspecified atom stereocenters. The Morgan fingerprint density at radius 3 is 2.52 bits per heavy atom. The van der Waals surface area contributed by atoms with Gasteiger partial charge >= 0.3 is 5.69 Å². The Morgan fingerprint density at radius 1 is 1.15 bits per heavy atom. The summed E-state index contributed by atoms with van der Waals surface area (Å²) in [6.45, 7) is 0. The van der Waals surface area contributed by atoms with Crippen LogP contribution in [0.5, 0.6) is 11.5 Å². The largest absolute Gasteiger partial charge is 0.493 e. The number of thioether (sulfide) groups is 1. The van der Waals surface area contributed by atoms with Crippen molar-refractivity contribution in [1.29, 1.82) is 0 Å². The summed E-state index contributed by atoms with van der Waals surface area (Å²) in [6.07, 6.45) is 0. The lowest BCUT2D eigenvalue weighted by Gasteiger charge is -2.09. The van der Waals surface area contributed by atoms with E-state index in [4.69, 9.17) is 9.47 Å². The van der Waals surface area contributed by atoms with E-state index in [1.54, 1.807) is 29.8 Å². The fraction of sp³-hybridized carbons (Fsp3) is 0.294. The van der Waals surface area contributed by atoms with Crippen LogP contribution in [0.1, 0.15) is 10.4 Å². The Kier molecular flexibility index (Phi) is 5.08. The van der Waals surface area contributed by atoms with Crippen molar-refractivity contribution in [2.45, 2.75) is 5.16 Å². The summed E-state index contributed by atoms with van der Waals surface area (Å²) >= 11 is 1.18. The van der Waals surface area contributed by atoms with Gasteiger partial charge in [0.15, 0.2) is 33.6 Å². The van der Waals surface area contributed by atoms with Gasteiger partial charge in [0, 0.05) is 19.7 Å². The molecule has 0 spiro atoms. The minimum atomic E-state index is -0.538. The number of imidazole rings is 1. The number of aromatic nitrogens is 4. The van der Waals surface area contributed by atoms with Crippen LogP contribution in [0, 0.1) is 0 Å². The molecule has 1 N–H and O–H groups in total. The minimum Gasteiger partial charge on any atom is -0.493 e. The lowest BCUT2D eigenvalue weighted by atomic mass is 10.1. The summed E-state index contributed by atoms with van der Waals surface area (Å²) in [6, 6.07) is 4.94. The van der Waals surface area contributed by atoms with Gasteiger partial charge in [0.2, 0.25) is 0 Å². The molecular formula is C17H18N4O5S. The third-order valence-electron chi connectivity index (χ3n) is 4.13. The van der Waals surface area contributed by atoms with Crippen LogP contribution in [0.2, 0.25) is 0 Å². The molecule has 10 heteroatoms. The Morgan fingerprint density at radius 2 is 1.85 bits per heavy atom. The van der Waals surface area contributed by atoms with Crippen molar-refractivity contribution in [2.24, 2.45) is 14.1 Å². The Bertz CT molecular complexity index is 1140. The van der Waals surface area contributed by atoms with Gasteiger partial charge < -0.3 is 14.0 Å². The summed E-state index contributed by atoms with van der Waals surface area (Å²) in [7, 11) is 6.22. The van der Waals surface area contributed by atoms with E-state index in [-0.39, 0.29) is 22.7 Å². The Labute approximate surface area is 157 Å². The Balaban J connectivity index is 1.87. The number of fused-ring (bicyclic) bond motifs is 1. The fourth-order valence-electron chi connectivity index (χ4n) is 2.64. The van der Waals surface area contributed by atoms with E-state index in [1.807, 2.05) is 0 Å². The van der Waals surface area contributed by atoms with E-state index in [9.17, 15) is 14.4 Å². The van der Waals surface area contributed by atoms with Gasteiger partial charge in [-0.05, 0) is 18.2 Å². The highest BCUT2D eigenvalue weighted by Gasteiger charge is 2.17. The van der Waals surface area contributed by atoms with Gasteiger partial charge in [-0.3, -0.25) is 19.1 Å². The second kappa shape index (κ2) is 7.31. The maximum atomic E-state index is 12.5. The lowest BCUT2D eigenvalue weighted by molar-refractivity contribution is 0.102. The standard InChI is InChI=1S/C17H18N4O5S/c1-20-13-14(21(2)16(24)19-15(13)23)18-17(20)27-8-10(22)9-5-6-11(25-3)12(7-9)26-4/h5-7H,8H2,1-4H3,(H,19,23,24). The van der Waals surface area contributed by atoms with Crippen LogP contribution in [-0.2, 0) is 14.1 Å². The van der Waals surface area contributed by atoms with Gasteiger partial charge in [0.25, 0.3) is 5.56 Å². The lowest BCUT2D eigenvalue weighted by Crippen LogP contribution is -2.29. The van der Waals surface area contributed by atoms with E-state index >= 15 is 0 Å². The number of nitrogens with one attached hydrogen (secondary N) is 1. The number of benzene rings is 1. The predicted octanol–water partition coefficient (Wildman–Crippen LogP) is 0.952. The van der Waals surface area contributed by atoms with Crippen LogP contribution in [0.25, 0.3) is 11.2 Å². The number of hydrogen-bond donors (Lipinski definition) is 1. The van der Waals surface area contributed by atoms with Crippen LogP contribution < -0.4 is 20.7 Å². The molecular weight excluding hydrogens is 372 g/mol. The van der Waals surface area contributed by atoms with Crippen LogP contribution in [0.3, 0.4) is 0 Å². The maximum Gasteiger partial charge on any atom is 0.329 e. The summed E-state index contributed by atoms with van der Waals surface area (Å²) in [5, 5.41) is 0.463. The van der Waals surface area contributed by atoms with Gasteiger partial charge in [-0.2, -0.15) is 0 Å². The average molecular weight is 390 g/mol. The van der Waals surface area contributed by atoms with Crippen LogP contribution in [0.15, 0.2) is 32.9 Å². The molecule has 2 heterocycles. The van der Waals surface area contributed by atoms with Crippen LogP contribution in [-0.4, -0.2) is 44.9 Å². The summed E-state index contributed by atoms with van der Waals surface area (Å²) < 4.78 is 13.2. The number of H-pyrrole nitrogens is 1. The van der Waals surface area contributed by atoms with Crippen molar-refractivity contribution < 1.29 is 14.3 Å². The van der Waals surface area contributed by atoms with Crippen LogP contribution >= 0.6 is 11.8 Å². The highest BCUT2D eigenvalue weighted by molar-refractivity contribution is 7.99. The number of ether oxygens (including phenoxy) is 2. The van der Waals surface area contributed by atoms with Crippen molar-refractivity contribution in [2.75, 3.05) is 20.0 Å². The first-order valence-corrected chi connectivity index (χ1v) is 8.89. The van der Waals surface area contributed by atoms with Crippen molar-refractivity contribution in [3.8, 4) is 11.5 Å². The molecule has 0 aliphatic heterocycles. The van der Waals surface area contributed by atoms with Crippen molar-refractivity contribution in [3.05, 3.63) is 44.6 Å². The molecule has 0 aliphatic carbocycles. The number of carbonyl (C=O) groups excluding carboxylic acids is 1. The van der Waals surface area contributed by atoms with Gasteiger partial charge in [-0.1, -0.05) is 11.8 Å². The van der Waals surface area contributed by atoms with E-state index in [2.05, 4.69) is 9.97 Å². The maximum absolute atomic E-state index is 12.5. The number of Topliss-reactive ketones (excluding diaryl/α,β-unsaturated/α-hetero) is 1. The monoisotopic (exact) mass is 390 g/mol. The molecule has 0 amide bonds. The third-order valence-corrected chi connectivity index (χ3v) is 5.16. The second-order valence-electron chi connectivity index (χ2n) is 5.73. The van der Waals surface area contributed by atoms with Crippen LogP contribution in [0.4, 0.5) is 0 Å². The number of carbonyl (C=O) groups is 1. The zero-order valence-electron chi connectivity index (χ0n) is 15.2. The van der Waals surface area contributed by atoms with E-state index in [1.165, 1.54) is 37.6 Å². The zero-order valence-corrected chi connectivity index (χ0v) is 16.0. The molecule has 1 aromatic carbocycles. The first-order valence-electron chi connectivity index (χ1n) is 7.91. The van der Waals surface area contributed by atoms with Gasteiger partial charge in [-0.15, -0.1) is 0 Å². The van der Waals surface area contributed by atoms with Crippen molar-refractivity contribution >= 4 is 28.7 Å². The molecule has 0 saturated carbocycles. The molecule has 27 heavy (non-hydrogen) atoms. The topological polar surface area (TPSA) is 108 Å². The molecule has 9 nitrogen and oxygen atoms in total. The molecule has 3 aromatic rings. The predicted molar refractivity (Wildman–Crippen MR) is 101 cm³/mol. The third kappa shape index (κ3) is 3.35. The first kappa shape index (κ1) is 18.8. The molecule has 3 rings (SSSR count). The van der Waals surface area contributed by atoms with Gasteiger partial charge in [0.05, 0.1) is 20.0 Å². The van der Waals surface area contributed by atoms with Crippen molar-refractivity contribution in [1.82, 2.24) is 19.1 Å². The number of aryl methyl sites for hydroxylation is 2. The summed E-state index contributed by atoms with van der Waals surface area (Å²) in [5.41, 5.74) is -0.0284. The van der Waals surface area contributed by atoms with E-state index in [0.29, 0.717) is 22.2 Å². The molecule has 142 valence electrons. The molecule has 0 saturated heterocycles. The fourth-order valence-corrected chi connectivity index (χ4v) is 3.50. The SMILES string of the molecule is COc1ccc(C(=O)CSc2nc3c(c(=O)[nH]c(=O)n3C)n2C)cc1OC. The number of rotatable bonds is 6. The highest BCUT2D eigenvalue weighted by Crippen LogP contribution is 2.28. The van der Waals surface area contributed by atoms with Gasteiger partial charge in [-0.25, -0.2) is 9.78 Å². The molecule has 0 aliphatic rings. The first-order chi connectivity index (χ1) is 12.9. The highest BCUT2D eigenvalue weighted by atomic mass is 32.2. The smallest absolute Gasteiger partial charge is 0.329 e. The molecule has 0 bridgehead atoms. The number of hydrogen-bond acceptors (Lipinski definition) is 7. The van der Waals surface area contributed by atoms with E-state index in [0.717, 1.165) is 0 Å². The van der Waals surface area contributed by atoms with Crippen molar-refractivity contribution in [3.63, 3.8) is 0 Å². The number of nitrogens with zero attached hydrogens (tertiary/aromatic N) is 3. The normalized spacial score (nSPS) is 11.0. The van der Waals surface area contributed by atoms with E-state index < -0.39 is 11.2 Å². The number of aromatic amines is 1. The summed E-state index contributed by atoms with van der Waals surface area (Å²) in [4.78, 5) is 42.9. The summed E-state index contributed by atoms with van der Waals surface area (Å²) in [5.74, 6) is 0.990. The van der Waals surface area contributed by atoms with Gasteiger partial charge in [0.1, 0.15) is 0 Å². The Hall–Kier alpha value is -3.01. The number of ketones is 1. The minimum absolute atomic E-state index is 0.110. The molecule has 2 aromatic heterocycles. The molecule has 0 atom stereocenters.